The molecular formula is C35H55ClN4O2. The van der Waals surface area contributed by atoms with Crippen LogP contribution >= 0.6 is 12.4 Å². The Balaban J connectivity index is 0.000000287. The van der Waals surface area contributed by atoms with Gasteiger partial charge in [-0.05, 0) is 115 Å². The van der Waals surface area contributed by atoms with Gasteiger partial charge in [0, 0.05) is 11.4 Å². The molecule has 2 atom stereocenters. The highest BCUT2D eigenvalue weighted by Crippen LogP contribution is 2.24. The summed E-state index contributed by atoms with van der Waals surface area (Å²) in [7, 11) is 0. The molecule has 7 heteroatoms. The third-order valence-corrected chi connectivity index (χ3v) is 8.60. The SMILES string of the molecule is CCCCN1CCCC[C@H]1C(=O)Nc1c(C)cccc1C.CCCN1CCCC[C@H]1C(=O)Nc1c(C)cccc1C.Cl. The molecule has 0 unspecified atom stereocenters. The van der Waals surface area contributed by atoms with E-state index in [4.69, 9.17) is 0 Å². The van der Waals surface area contributed by atoms with Crippen molar-refractivity contribution in [3.63, 3.8) is 0 Å². The lowest BCUT2D eigenvalue weighted by molar-refractivity contribution is -0.123. The number of likely N-dealkylation sites (tertiary alicyclic amines) is 2. The zero-order valence-corrected chi connectivity index (χ0v) is 27.7. The minimum absolute atomic E-state index is 0. The van der Waals surface area contributed by atoms with Crippen molar-refractivity contribution in [2.45, 2.75) is 111 Å². The van der Waals surface area contributed by atoms with E-state index in [9.17, 15) is 9.59 Å². The van der Waals surface area contributed by atoms with Gasteiger partial charge in [0.1, 0.15) is 0 Å². The van der Waals surface area contributed by atoms with Gasteiger partial charge in [-0.15, -0.1) is 12.4 Å². The number of rotatable bonds is 9. The van der Waals surface area contributed by atoms with Crippen LogP contribution in [0.2, 0.25) is 0 Å². The van der Waals surface area contributed by atoms with Crippen LogP contribution in [0.1, 0.15) is 93.9 Å². The smallest absolute Gasteiger partial charge is 0.241 e. The van der Waals surface area contributed by atoms with Crippen LogP contribution in [-0.2, 0) is 9.59 Å². The van der Waals surface area contributed by atoms with Crippen molar-refractivity contribution in [1.82, 2.24) is 9.80 Å². The van der Waals surface area contributed by atoms with Crippen molar-refractivity contribution < 1.29 is 9.59 Å². The number of benzene rings is 2. The van der Waals surface area contributed by atoms with E-state index in [0.29, 0.717) is 0 Å². The molecular weight excluding hydrogens is 544 g/mol. The lowest BCUT2D eigenvalue weighted by Crippen LogP contribution is -2.47. The van der Waals surface area contributed by atoms with E-state index < -0.39 is 0 Å². The molecule has 2 amide bonds. The maximum Gasteiger partial charge on any atom is 0.241 e. The number of hydrogen-bond acceptors (Lipinski definition) is 4. The van der Waals surface area contributed by atoms with Crippen LogP contribution in [0.25, 0.3) is 0 Å². The first-order chi connectivity index (χ1) is 19.8. The molecule has 2 saturated heterocycles. The van der Waals surface area contributed by atoms with Gasteiger partial charge in [0.2, 0.25) is 11.8 Å². The number of carbonyl (C=O) groups excluding carboxylic acids is 2. The van der Waals surface area contributed by atoms with E-state index in [-0.39, 0.29) is 36.3 Å². The summed E-state index contributed by atoms with van der Waals surface area (Å²) in [6, 6.07) is 12.4. The van der Waals surface area contributed by atoms with Crippen LogP contribution in [-0.4, -0.2) is 59.9 Å². The molecule has 0 spiro atoms. The normalized spacial score (nSPS) is 19.2. The van der Waals surface area contributed by atoms with E-state index in [0.717, 1.165) is 91.9 Å². The molecule has 2 aromatic rings. The van der Waals surface area contributed by atoms with Gasteiger partial charge in [-0.25, -0.2) is 0 Å². The summed E-state index contributed by atoms with van der Waals surface area (Å²) in [5.41, 5.74) is 6.52. The molecule has 42 heavy (non-hydrogen) atoms. The fourth-order valence-electron chi connectivity index (χ4n) is 6.20. The maximum absolute atomic E-state index is 12.7. The number of para-hydroxylation sites is 2. The Labute approximate surface area is 261 Å². The molecule has 0 aliphatic carbocycles. The summed E-state index contributed by atoms with van der Waals surface area (Å²) < 4.78 is 0. The first kappa shape index (κ1) is 35.8. The van der Waals surface area contributed by atoms with E-state index in [1.54, 1.807) is 0 Å². The van der Waals surface area contributed by atoms with Gasteiger partial charge >= 0.3 is 0 Å². The van der Waals surface area contributed by atoms with E-state index in [1.807, 2.05) is 38.1 Å². The Morgan fingerprint density at radius 2 is 1.07 bits per heavy atom. The fraction of sp³-hybridized carbons (Fsp3) is 0.600. The lowest BCUT2D eigenvalue weighted by Gasteiger charge is -2.34. The molecule has 0 bridgehead atoms. The van der Waals surface area contributed by atoms with Crippen LogP contribution in [0.3, 0.4) is 0 Å². The molecule has 234 valence electrons. The van der Waals surface area contributed by atoms with Crippen molar-refractivity contribution in [3.05, 3.63) is 58.7 Å². The Morgan fingerprint density at radius 3 is 1.45 bits per heavy atom. The van der Waals surface area contributed by atoms with E-state index in [2.05, 4.69) is 60.3 Å². The first-order valence-electron chi connectivity index (χ1n) is 16.0. The van der Waals surface area contributed by atoms with Crippen LogP contribution in [0, 0.1) is 27.7 Å². The molecule has 0 saturated carbocycles. The predicted octanol–water partition coefficient (Wildman–Crippen LogP) is 7.82. The van der Waals surface area contributed by atoms with Crippen molar-refractivity contribution in [1.29, 1.82) is 0 Å². The number of nitrogens with zero attached hydrogens (tertiary/aromatic N) is 2. The topological polar surface area (TPSA) is 64.7 Å². The zero-order valence-electron chi connectivity index (χ0n) is 26.9. The Kier molecular flexibility index (Phi) is 15.6. The first-order valence-corrected chi connectivity index (χ1v) is 16.0. The second-order valence-corrected chi connectivity index (χ2v) is 12.0. The molecule has 2 fully saturated rings. The number of unbranched alkanes of at least 4 members (excludes halogenated alkanes) is 1. The number of hydrogen-bond donors (Lipinski definition) is 2. The van der Waals surface area contributed by atoms with E-state index in [1.165, 1.54) is 25.7 Å². The summed E-state index contributed by atoms with van der Waals surface area (Å²) in [4.78, 5) is 30.0. The predicted molar refractivity (Wildman–Crippen MR) is 180 cm³/mol. The van der Waals surface area contributed by atoms with Gasteiger partial charge in [0.15, 0.2) is 0 Å². The van der Waals surface area contributed by atoms with Gasteiger partial charge in [-0.1, -0.05) is 69.5 Å². The number of carbonyl (C=O) groups is 2. The zero-order chi connectivity index (χ0) is 29.8. The largest absolute Gasteiger partial charge is 0.324 e. The Hall–Kier alpha value is -2.41. The standard InChI is InChI=1S/C18H28N2O.C17H26N2O.ClH/c1-4-5-12-20-13-7-6-11-16(20)18(21)19-17-14(2)9-8-10-15(17)3;1-4-11-19-12-6-5-10-15(19)17(20)18-16-13(2)8-7-9-14(16)3;/h8-10,16H,4-7,11-13H2,1-3H3,(H,19,21);7-9,15H,4-6,10-12H2,1-3H3,(H,18,20);1H/t16-;15-;/m00./s1. The average molecular weight is 599 g/mol. The van der Waals surface area contributed by atoms with Crippen LogP contribution in [0.5, 0.6) is 0 Å². The van der Waals surface area contributed by atoms with Gasteiger partial charge in [0.25, 0.3) is 0 Å². The summed E-state index contributed by atoms with van der Waals surface area (Å²) >= 11 is 0. The van der Waals surface area contributed by atoms with Crippen molar-refractivity contribution in [3.8, 4) is 0 Å². The van der Waals surface area contributed by atoms with Crippen LogP contribution < -0.4 is 10.6 Å². The second kappa shape index (κ2) is 18.3. The molecule has 0 radical (unpaired) electrons. The molecule has 2 aromatic carbocycles. The Morgan fingerprint density at radius 1 is 0.667 bits per heavy atom. The number of amides is 2. The fourth-order valence-corrected chi connectivity index (χ4v) is 6.20. The molecule has 2 N–H and O–H groups in total. The van der Waals surface area contributed by atoms with Gasteiger partial charge in [-0.3, -0.25) is 19.4 Å². The summed E-state index contributed by atoms with van der Waals surface area (Å²) in [6.45, 7) is 16.8. The average Bonchev–Trinajstić information content (AvgIpc) is 2.97. The summed E-state index contributed by atoms with van der Waals surface area (Å²) in [6.07, 6.45) is 10.2. The summed E-state index contributed by atoms with van der Waals surface area (Å²) in [5, 5.41) is 6.33. The highest BCUT2D eigenvalue weighted by atomic mass is 35.5. The minimum atomic E-state index is 0. The Bertz CT molecular complexity index is 1100. The minimum Gasteiger partial charge on any atom is -0.324 e. The number of aryl methyl sites for hydroxylation is 4. The highest BCUT2D eigenvalue weighted by Gasteiger charge is 2.29. The van der Waals surface area contributed by atoms with Crippen molar-refractivity contribution in [2.75, 3.05) is 36.8 Å². The van der Waals surface area contributed by atoms with Crippen molar-refractivity contribution >= 4 is 35.6 Å². The molecule has 0 aromatic heterocycles. The van der Waals surface area contributed by atoms with Gasteiger partial charge in [-0.2, -0.15) is 0 Å². The third-order valence-electron chi connectivity index (χ3n) is 8.60. The third kappa shape index (κ3) is 10.1. The summed E-state index contributed by atoms with van der Waals surface area (Å²) in [5.74, 6) is 0.332. The lowest BCUT2D eigenvalue weighted by atomic mass is 10.00. The molecule has 6 nitrogen and oxygen atoms in total. The van der Waals surface area contributed by atoms with E-state index >= 15 is 0 Å². The quantitative estimate of drug-likeness (QED) is 0.309. The number of halogens is 1. The monoisotopic (exact) mass is 598 g/mol. The molecule has 2 aliphatic rings. The van der Waals surface area contributed by atoms with Gasteiger partial charge in [0.05, 0.1) is 12.1 Å². The number of anilines is 2. The molecule has 2 aliphatic heterocycles. The second-order valence-electron chi connectivity index (χ2n) is 12.0. The van der Waals surface area contributed by atoms with Crippen LogP contribution in [0.4, 0.5) is 11.4 Å². The van der Waals surface area contributed by atoms with Crippen molar-refractivity contribution in [2.24, 2.45) is 0 Å². The molecule has 4 rings (SSSR count). The highest BCUT2D eigenvalue weighted by molar-refractivity contribution is 5.96. The van der Waals surface area contributed by atoms with Crippen LogP contribution in [0.15, 0.2) is 36.4 Å². The maximum atomic E-state index is 12.7. The molecule has 2 heterocycles. The number of nitrogens with one attached hydrogen (secondary N) is 2. The number of piperidine rings is 2. The van der Waals surface area contributed by atoms with Gasteiger partial charge < -0.3 is 10.6 Å².